The molecule has 1 aliphatic rings. The topological polar surface area (TPSA) is 94.5 Å². The Hall–Kier alpha value is -2.44. The zero-order valence-corrected chi connectivity index (χ0v) is 16.6. The molecule has 1 unspecified atom stereocenters. The van der Waals surface area contributed by atoms with Gasteiger partial charge in [0, 0.05) is 30.2 Å². The van der Waals surface area contributed by atoms with Crippen molar-refractivity contribution in [2.75, 3.05) is 38.2 Å². The second-order valence-corrected chi connectivity index (χ2v) is 7.54. The van der Waals surface area contributed by atoms with E-state index in [1.54, 1.807) is 11.3 Å². The standard InChI is InChI=1S/C19H19ClN4O3S/c20-15-10-14(4-3-13(15)11-21)23-19(26)18(25)22-12-16(17-2-1-9-28-17)24-5-7-27-8-6-24/h1-4,9-10,16H,5-8,12H2,(H,22,25)(H,23,26). The van der Waals surface area contributed by atoms with Gasteiger partial charge in [-0.05, 0) is 29.6 Å². The summed E-state index contributed by atoms with van der Waals surface area (Å²) in [6.45, 7) is 3.16. The summed E-state index contributed by atoms with van der Waals surface area (Å²) in [5.74, 6) is -1.51. The summed E-state index contributed by atoms with van der Waals surface area (Å²) in [5, 5.41) is 16.3. The number of ether oxygens (including phenoxy) is 1. The van der Waals surface area contributed by atoms with Gasteiger partial charge >= 0.3 is 11.8 Å². The maximum absolute atomic E-state index is 12.3. The Balaban J connectivity index is 1.60. The molecule has 28 heavy (non-hydrogen) atoms. The molecule has 2 aromatic rings. The highest BCUT2D eigenvalue weighted by atomic mass is 35.5. The third-order valence-electron chi connectivity index (χ3n) is 4.37. The number of nitrogens with zero attached hydrogens (tertiary/aromatic N) is 2. The molecule has 1 atom stereocenters. The van der Waals surface area contributed by atoms with Crippen molar-refractivity contribution in [1.29, 1.82) is 5.26 Å². The summed E-state index contributed by atoms with van der Waals surface area (Å²) < 4.78 is 5.40. The van der Waals surface area contributed by atoms with Gasteiger partial charge in [0.15, 0.2) is 0 Å². The van der Waals surface area contributed by atoms with Crippen molar-refractivity contribution < 1.29 is 14.3 Å². The lowest BCUT2D eigenvalue weighted by atomic mass is 10.2. The fraction of sp³-hybridized carbons (Fsp3) is 0.316. The number of benzene rings is 1. The first-order valence-electron chi connectivity index (χ1n) is 8.72. The van der Waals surface area contributed by atoms with Crippen LogP contribution in [0, 0.1) is 11.3 Å². The van der Waals surface area contributed by atoms with Crippen LogP contribution in [0.1, 0.15) is 16.5 Å². The Labute approximate surface area is 171 Å². The second-order valence-electron chi connectivity index (χ2n) is 6.15. The van der Waals surface area contributed by atoms with E-state index in [-0.39, 0.29) is 11.1 Å². The average Bonchev–Trinajstić information content (AvgIpc) is 3.23. The van der Waals surface area contributed by atoms with Gasteiger partial charge in [0.05, 0.1) is 29.8 Å². The summed E-state index contributed by atoms with van der Waals surface area (Å²) >= 11 is 7.57. The Bertz CT molecular complexity index is 876. The first kappa shape index (κ1) is 20.3. The van der Waals surface area contributed by atoms with E-state index in [9.17, 15) is 9.59 Å². The van der Waals surface area contributed by atoms with Crippen LogP contribution in [-0.2, 0) is 14.3 Å². The van der Waals surface area contributed by atoms with Crippen molar-refractivity contribution in [3.63, 3.8) is 0 Å². The fourth-order valence-corrected chi connectivity index (χ4v) is 4.00. The predicted molar refractivity (Wildman–Crippen MR) is 107 cm³/mol. The van der Waals surface area contributed by atoms with Gasteiger partial charge in [-0.2, -0.15) is 5.26 Å². The number of hydrogen-bond donors (Lipinski definition) is 2. The number of carbonyl (C=O) groups is 2. The number of nitriles is 1. The average molecular weight is 419 g/mol. The smallest absolute Gasteiger partial charge is 0.313 e. The maximum atomic E-state index is 12.3. The number of thiophene rings is 1. The van der Waals surface area contributed by atoms with Crippen molar-refractivity contribution in [2.45, 2.75) is 6.04 Å². The van der Waals surface area contributed by atoms with E-state index in [0.717, 1.165) is 18.0 Å². The van der Waals surface area contributed by atoms with Crippen LogP contribution >= 0.6 is 22.9 Å². The lowest BCUT2D eigenvalue weighted by Crippen LogP contribution is -2.45. The molecule has 2 heterocycles. The number of hydrogen-bond acceptors (Lipinski definition) is 6. The highest BCUT2D eigenvalue weighted by Gasteiger charge is 2.25. The van der Waals surface area contributed by atoms with Gasteiger partial charge in [0.1, 0.15) is 6.07 Å². The molecule has 1 fully saturated rings. The third kappa shape index (κ3) is 5.09. The van der Waals surface area contributed by atoms with E-state index in [1.807, 2.05) is 23.6 Å². The van der Waals surface area contributed by atoms with Crippen molar-refractivity contribution in [2.24, 2.45) is 0 Å². The molecule has 2 N–H and O–H groups in total. The monoisotopic (exact) mass is 418 g/mol. The number of morpholine rings is 1. The lowest BCUT2D eigenvalue weighted by molar-refractivity contribution is -0.136. The predicted octanol–water partition coefficient (Wildman–Crippen LogP) is 2.40. The normalized spacial score (nSPS) is 15.4. The third-order valence-corrected chi connectivity index (χ3v) is 5.65. The first-order chi connectivity index (χ1) is 13.6. The van der Waals surface area contributed by atoms with Crippen LogP contribution < -0.4 is 10.6 Å². The SMILES string of the molecule is N#Cc1ccc(NC(=O)C(=O)NCC(c2cccs2)N2CCOCC2)cc1Cl. The number of nitrogens with one attached hydrogen (secondary N) is 2. The van der Waals surface area contributed by atoms with Gasteiger partial charge < -0.3 is 15.4 Å². The van der Waals surface area contributed by atoms with Crippen LogP contribution in [0.5, 0.6) is 0 Å². The van der Waals surface area contributed by atoms with Crippen LogP contribution in [0.4, 0.5) is 5.69 Å². The molecule has 9 heteroatoms. The molecular formula is C19H19ClN4O3S. The molecule has 1 aliphatic heterocycles. The molecular weight excluding hydrogens is 400 g/mol. The van der Waals surface area contributed by atoms with E-state index < -0.39 is 11.8 Å². The summed E-state index contributed by atoms with van der Waals surface area (Å²) in [5.41, 5.74) is 0.653. The summed E-state index contributed by atoms with van der Waals surface area (Å²) in [7, 11) is 0. The first-order valence-corrected chi connectivity index (χ1v) is 9.98. The summed E-state index contributed by atoms with van der Waals surface area (Å²) in [6.07, 6.45) is 0. The van der Waals surface area contributed by atoms with Crippen LogP contribution in [-0.4, -0.2) is 49.6 Å². The molecule has 1 saturated heterocycles. The molecule has 2 amide bonds. The van der Waals surface area contributed by atoms with Crippen LogP contribution in [0.25, 0.3) is 0 Å². The second kappa shape index (κ2) is 9.66. The van der Waals surface area contributed by atoms with Crippen molar-refractivity contribution >= 4 is 40.4 Å². The van der Waals surface area contributed by atoms with Gasteiger partial charge in [-0.3, -0.25) is 14.5 Å². The van der Waals surface area contributed by atoms with E-state index in [2.05, 4.69) is 15.5 Å². The number of halogens is 1. The van der Waals surface area contributed by atoms with E-state index in [0.29, 0.717) is 31.0 Å². The molecule has 0 bridgehead atoms. The maximum Gasteiger partial charge on any atom is 0.313 e. The highest BCUT2D eigenvalue weighted by Crippen LogP contribution is 2.25. The molecule has 7 nitrogen and oxygen atoms in total. The number of anilines is 1. The van der Waals surface area contributed by atoms with E-state index >= 15 is 0 Å². The molecule has 146 valence electrons. The van der Waals surface area contributed by atoms with Crippen molar-refractivity contribution in [3.05, 3.63) is 51.2 Å². The van der Waals surface area contributed by atoms with Gasteiger partial charge in [0.2, 0.25) is 0 Å². The fourth-order valence-electron chi connectivity index (χ4n) is 2.92. The Morgan fingerprint density at radius 3 is 2.71 bits per heavy atom. The zero-order valence-electron chi connectivity index (χ0n) is 15.0. The largest absolute Gasteiger partial charge is 0.379 e. The van der Waals surface area contributed by atoms with Crippen LogP contribution in [0.15, 0.2) is 35.7 Å². The Morgan fingerprint density at radius 1 is 1.29 bits per heavy atom. The minimum absolute atomic E-state index is 0.00925. The summed E-state index contributed by atoms with van der Waals surface area (Å²) in [6, 6.07) is 10.4. The molecule has 1 aromatic heterocycles. The van der Waals surface area contributed by atoms with Crippen molar-refractivity contribution in [3.8, 4) is 6.07 Å². The minimum atomic E-state index is -0.785. The van der Waals surface area contributed by atoms with E-state index in [4.69, 9.17) is 21.6 Å². The van der Waals surface area contributed by atoms with Gasteiger partial charge in [-0.25, -0.2) is 0 Å². The number of rotatable bonds is 5. The lowest BCUT2D eigenvalue weighted by Gasteiger charge is -2.34. The minimum Gasteiger partial charge on any atom is -0.379 e. The van der Waals surface area contributed by atoms with Gasteiger partial charge in [-0.1, -0.05) is 17.7 Å². The van der Waals surface area contributed by atoms with Gasteiger partial charge in [-0.15, -0.1) is 11.3 Å². The number of amides is 2. The van der Waals surface area contributed by atoms with E-state index in [1.165, 1.54) is 18.2 Å². The summed E-state index contributed by atoms with van der Waals surface area (Å²) in [4.78, 5) is 27.8. The molecule has 1 aromatic carbocycles. The van der Waals surface area contributed by atoms with Crippen LogP contribution in [0.3, 0.4) is 0 Å². The van der Waals surface area contributed by atoms with Gasteiger partial charge in [0.25, 0.3) is 0 Å². The van der Waals surface area contributed by atoms with Crippen LogP contribution in [0.2, 0.25) is 5.02 Å². The molecule has 0 saturated carbocycles. The number of carbonyl (C=O) groups excluding carboxylic acids is 2. The molecule has 0 aliphatic carbocycles. The zero-order chi connectivity index (χ0) is 19.9. The Morgan fingerprint density at radius 2 is 2.07 bits per heavy atom. The molecule has 3 rings (SSSR count). The van der Waals surface area contributed by atoms with Crippen molar-refractivity contribution in [1.82, 2.24) is 10.2 Å². The molecule has 0 radical (unpaired) electrons. The highest BCUT2D eigenvalue weighted by molar-refractivity contribution is 7.10. The quantitative estimate of drug-likeness (QED) is 0.727. The Kier molecular flexibility index (Phi) is 7.01. The molecule has 0 spiro atoms.